The number of hydrogen-bond acceptors (Lipinski definition) is 2. The molecule has 1 aromatic rings. The van der Waals surface area contributed by atoms with Gasteiger partial charge in [0.15, 0.2) is 0 Å². The largest absolute Gasteiger partial charge is 0.376 e. The summed E-state index contributed by atoms with van der Waals surface area (Å²) in [7, 11) is 0. The Morgan fingerprint density at radius 3 is 3.06 bits per heavy atom. The maximum Gasteiger partial charge on any atom is 0.128 e. The predicted octanol–water partition coefficient (Wildman–Crippen LogP) is 2.54. The Morgan fingerprint density at radius 1 is 1.39 bits per heavy atom. The fraction of sp³-hybridized carbons (Fsp3) is 0.500. The Morgan fingerprint density at radius 2 is 2.28 bits per heavy atom. The molecule has 96 valence electrons. The van der Waals surface area contributed by atoms with E-state index in [0.29, 0.717) is 12.4 Å². The van der Waals surface area contributed by atoms with E-state index in [1.54, 1.807) is 6.07 Å². The first kappa shape index (κ1) is 11.7. The number of nitrogens with zero attached hydrogens (tertiary/aromatic N) is 1. The zero-order chi connectivity index (χ0) is 12.5. The predicted molar refractivity (Wildman–Crippen MR) is 67.2 cm³/mol. The van der Waals surface area contributed by atoms with Crippen LogP contribution in [0.25, 0.3) is 0 Å². The number of halogens is 1. The van der Waals surface area contributed by atoms with Crippen LogP contribution in [-0.4, -0.2) is 30.0 Å². The standard InChI is InChI=1S/C14H17FN2O/c15-11-5-4-10-8-17(14(16)13(10)7-11)9-12-3-1-2-6-18-12/h4-5,7,12,16H,1-3,6,8-9H2. The maximum absolute atomic E-state index is 13.2. The monoisotopic (exact) mass is 248 g/mol. The van der Waals surface area contributed by atoms with Crippen molar-refractivity contribution in [2.45, 2.75) is 31.9 Å². The number of ether oxygens (including phenoxy) is 1. The topological polar surface area (TPSA) is 36.3 Å². The molecule has 0 aliphatic carbocycles. The molecular formula is C14H17FN2O. The van der Waals surface area contributed by atoms with E-state index in [9.17, 15) is 4.39 Å². The van der Waals surface area contributed by atoms with E-state index in [1.165, 1.54) is 18.6 Å². The van der Waals surface area contributed by atoms with E-state index in [1.807, 2.05) is 4.90 Å². The van der Waals surface area contributed by atoms with Gasteiger partial charge in [-0.05, 0) is 37.0 Å². The lowest BCUT2D eigenvalue weighted by molar-refractivity contribution is 0.00430. The van der Waals surface area contributed by atoms with Crippen LogP contribution >= 0.6 is 0 Å². The number of amidine groups is 1. The maximum atomic E-state index is 13.2. The third-order valence-electron chi connectivity index (χ3n) is 3.70. The lowest BCUT2D eigenvalue weighted by Gasteiger charge is -2.28. The smallest absolute Gasteiger partial charge is 0.128 e. The van der Waals surface area contributed by atoms with E-state index in [-0.39, 0.29) is 11.9 Å². The molecule has 0 amide bonds. The van der Waals surface area contributed by atoms with Crippen molar-refractivity contribution >= 4 is 5.84 Å². The molecule has 0 bridgehead atoms. The molecule has 3 rings (SSSR count). The van der Waals surface area contributed by atoms with Gasteiger partial charge < -0.3 is 9.64 Å². The molecule has 1 unspecified atom stereocenters. The van der Waals surface area contributed by atoms with Crippen molar-refractivity contribution in [3.8, 4) is 0 Å². The molecule has 4 heteroatoms. The Bertz CT molecular complexity index is 469. The molecule has 2 aliphatic rings. The number of rotatable bonds is 2. The van der Waals surface area contributed by atoms with Gasteiger partial charge in [-0.1, -0.05) is 6.07 Å². The van der Waals surface area contributed by atoms with Crippen molar-refractivity contribution in [2.24, 2.45) is 0 Å². The Balaban J connectivity index is 1.71. The van der Waals surface area contributed by atoms with E-state index in [2.05, 4.69) is 0 Å². The van der Waals surface area contributed by atoms with Crippen LogP contribution in [0.1, 0.15) is 30.4 Å². The summed E-state index contributed by atoms with van der Waals surface area (Å²) in [5, 5.41) is 8.11. The molecule has 1 aromatic carbocycles. The van der Waals surface area contributed by atoms with Gasteiger partial charge in [0.05, 0.1) is 6.10 Å². The fourth-order valence-electron chi connectivity index (χ4n) is 2.72. The van der Waals surface area contributed by atoms with Crippen molar-refractivity contribution in [2.75, 3.05) is 13.2 Å². The Hall–Kier alpha value is -1.42. The van der Waals surface area contributed by atoms with E-state index < -0.39 is 0 Å². The van der Waals surface area contributed by atoms with E-state index >= 15 is 0 Å². The molecule has 1 fully saturated rings. The molecule has 3 nitrogen and oxygen atoms in total. The summed E-state index contributed by atoms with van der Waals surface area (Å²) < 4.78 is 18.9. The average Bonchev–Trinajstić information content (AvgIpc) is 2.68. The normalized spacial score (nSPS) is 23.3. The van der Waals surface area contributed by atoms with Gasteiger partial charge in [0.2, 0.25) is 0 Å². The van der Waals surface area contributed by atoms with Crippen LogP contribution < -0.4 is 0 Å². The summed E-state index contributed by atoms with van der Waals surface area (Å²) in [6.07, 6.45) is 3.62. The third kappa shape index (κ3) is 2.12. The molecule has 2 heterocycles. The third-order valence-corrected chi connectivity index (χ3v) is 3.70. The van der Waals surface area contributed by atoms with Crippen molar-refractivity contribution in [1.29, 1.82) is 5.41 Å². The highest BCUT2D eigenvalue weighted by atomic mass is 19.1. The van der Waals surface area contributed by atoms with Crippen LogP contribution in [0.4, 0.5) is 4.39 Å². The quantitative estimate of drug-likeness (QED) is 0.873. The molecule has 18 heavy (non-hydrogen) atoms. The minimum absolute atomic E-state index is 0.221. The van der Waals surface area contributed by atoms with Crippen LogP contribution in [0.3, 0.4) is 0 Å². The Kier molecular flexibility index (Phi) is 3.04. The second-order valence-electron chi connectivity index (χ2n) is 5.02. The minimum atomic E-state index is -0.269. The lowest BCUT2D eigenvalue weighted by Crippen LogP contribution is -2.35. The van der Waals surface area contributed by atoms with Crippen LogP contribution in [0.15, 0.2) is 18.2 Å². The van der Waals surface area contributed by atoms with Gasteiger partial charge in [-0.25, -0.2) is 4.39 Å². The van der Waals surface area contributed by atoms with Gasteiger partial charge in [-0.3, -0.25) is 5.41 Å². The van der Waals surface area contributed by atoms with Gasteiger partial charge in [0.25, 0.3) is 0 Å². The van der Waals surface area contributed by atoms with Gasteiger partial charge in [-0.2, -0.15) is 0 Å². The van der Waals surface area contributed by atoms with Crippen molar-refractivity contribution < 1.29 is 9.13 Å². The number of benzene rings is 1. The first-order valence-electron chi connectivity index (χ1n) is 6.48. The summed E-state index contributed by atoms with van der Waals surface area (Å²) >= 11 is 0. The van der Waals surface area contributed by atoms with Crippen LogP contribution in [0.2, 0.25) is 0 Å². The average molecular weight is 248 g/mol. The van der Waals surface area contributed by atoms with Crippen LogP contribution in [0, 0.1) is 11.2 Å². The highest BCUT2D eigenvalue weighted by Crippen LogP contribution is 2.25. The van der Waals surface area contributed by atoms with Crippen molar-refractivity contribution in [1.82, 2.24) is 4.90 Å². The van der Waals surface area contributed by atoms with Gasteiger partial charge in [-0.15, -0.1) is 0 Å². The zero-order valence-electron chi connectivity index (χ0n) is 10.3. The lowest BCUT2D eigenvalue weighted by atomic mass is 10.1. The highest BCUT2D eigenvalue weighted by molar-refractivity contribution is 6.00. The number of nitrogens with one attached hydrogen (secondary N) is 1. The van der Waals surface area contributed by atoms with Gasteiger partial charge >= 0.3 is 0 Å². The van der Waals surface area contributed by atoms with E-state index in [0.717, 1.165) is 37.1 Å². The zero-order valence-corrected chi connectivity index (χ0v) is 10.3. The molecule has 0 radical (unpaired) electrons. The molecule has 1 N–H and O–H groups in total. The first-order chi connectivity index (χ1) is 8.74. The summed E-state index contributed by atoms with van der Waals surface area (Å²) in [5.74, 6) is 0.160. The SMILES string of the molecule is N=C1c2cc(F)ccc2CN1CC1CCCCO1. The molecular weight excluding hydrogens is 231 g/mol. The minimum Gasteiger partial charge on any atom is -0.376 e. The van der Waals surface area contributed by atoms with Crippen LogP contribution in [0.5, 0.6) is 0 Å². The highest BCUT2D eigenvalue weighted by Gasteiger charge is 2.27. The Labute approximate surface area is 106 Å². The summed E-state index contributed by atoms with van der Waals surface area (Å²) in [6, 6.07) is 4.70. The number of hydrogen-bond donors (Lipinski definition) is 1. The molecule has 0 aromatic heterocycles. The molecule has 0 spiro atoms. The van der Waals surface area contributed by atoms with E-state index in [4.69, 9.17) is 10.1 Å². The van der Waals surface area contributed by atoms with Gasteiger partial charge in [0, 0.05) is 25.3 Å². The first-order valence-corrected chi connectivity index (χ1v) is 6.48. The second kappa shape index (κ2) is 4.69. The summed E-state index contributed by atoms with van der Waals surface area (Å²) in [4.78, 5) is 1.99. The van der Waals surface area contributed by atoms with Gasteiger partial charge in [0.1, 0.15) is 11.7 Å². The summed E-state index contributed by atoms with van der Waals surface area (Å²) in [5.41, 5.74) is 1.77. The fourth-order valence-corrected chi connectivity index (χ4v) is 2.72. The summed E-state index contributed by atoms with van der Waals surface area (Å²) in [6.45, 7) is 2.27. The second-order valence-corrected chi connectivity index (χ2v) is 5.02. The van der Waals surface area contributed by atoms with Crippen LogP contribution in [-0.2, 0) is 11.3 Å². The number of fused-ring (bicyclic) bond motifs is 1. The molecule has 1 saturated heterocycles. The molecule has 1 atom stereocenters. The van der Waals surface area contributed by atoms with Crippen molar-refractivity contribution in [3.05, 3.63) is 35.1 Å². The van der Waals surface area contributed by atoms with Crippen molar-refractivity contribution in [3.63, 3.8) is 0 Å². The molecule has 0 saturated carbocycles. The molecule has 2 aliphatic heterocycles.